The van der Waals surface area contributed by atoms with Crippen LogP contribution in [0.3, 0.4) is 0 Å². The zero-order valence-electron chi connectivity index (χ0n) is 15.8. The van der Waals surface area contributed by atoms with Gasteiger partial charge in [-0.3, -0.25) is 4.98 Å². The molecule has 0 amide bonds. The fraction of sp³-hybridized carbons (Fsp3) is 0.130. The molecule has 28 heavy (non-hydrogen) atoms. The largest absolute Gasteiger partial charge is 0.505 e. The van der Waals surface area contributed by atoms with Crippen molar-refractivity contribution in [2.75, 3.05) is 12.4 Å². The monoisotopic (exact) mass is 371 g/mol. The number of aromatic nitrogens is 2. The fourth-order valence-corrected chi connectivity index (χ4v) is 3.31. The van der Waals surface area contributed by atoms with Gasteiger partial charge in [0.1, 0.15) is 22.8 Å². The lowest BCUT2D eigenvalue weighted by Gasteiger charge is -2.22. The van der Waals surface area contributed by atoms with E-state index in [4.69, 9.17) is 4.74 Å². The Morgan fingerprint density at radius 3 is 2.68 bits per heavy atom. The number of nitrogens with one attached hydrogen (secondary N) is 1. The summed E-state index contributed by atoms with van der Waals surface area (Å²) in [7, 11) is 1.64. The molecule has 1 atom stereocenters. The van der Waals surface area contributed by atoms with E-state index in [0.29, 0.717) is 5.52 Å². The van der Waals surface area contributed by atoms with Crippen LogP contribution in [0.1, 0.15) is 22.9 Å². The van der Waals surface area contributed by atoms with Gasteiger partial charge in [-0.25, -0.2) is 4.98 Å². The van der Waals surface area contributed by atoms with Crippen LogP contribution in [0.5, 0.6) is 11.5 Å². The van der Waals surface area contributed by atoms with Crippen molar-refractivity contribution < 1.29 is 9.84 Å². The Morgan fingerprint density at radius 2 is 1.86 bits per heavy atom. The van der Waals surface area contributed by atoms with Gasteiger partial charge in [0.05, 0.1) is 13.2 Å². The third-order valence-corrected chi connectivity index (χ3v) is 4.70. The molecule has 5 nitrogen and oxygen atoms in total. The summed E-state index contributed by atoms with van der Waals surface area (Å²) in [4.78, 5) is 8.91. The molecule has 140 valence electrons. The zero-order valence-corrected chi connectivity index (χ0v) is 15.8. The highest BCUT2D eigenvalue weighted by Crippen LogP contribution is 2.37. The molecule has 4 rings (SSSR count). The van der Waals surface area contributed by atoms with E-state index in [1.165, 1.54) is 0 Å². The molecule has 0 aliphatic rings. The molecule has 0 saturated carbocycles. The number of anilines is 1. The average Bonchev–Trinajstić information content (AvgIpc) is 2.73. The number of phenols is 1. The van der Waals surface area contributed by atoms with Crippen LogP contribution in [-0.4, -0.2) is 22.2 Å². The van der Waals surface area contributed by atoms with Crippen LogP contribution in [0.15, 0.2) is 72.9 Å². The molecule has 0 bridgehead atoms. The van der Waals surface area contributed by atoms with Gasteiger partial charge in [0.15, 0.2) is 0 Å². The third-order valence-electron chi connectivity index (χ3n) is 4.70. The van der Waals surface area contributed by atoms with Crippen molar-refractivity contribution in [1.29, 1.82) is 0 Å². The number of methoxy groups -OCH3 is 1. The number of hydrogen-bond donors (Lipinski definition) is 2. The predicted molar refractivity (Wildman–Crippen MR) is 111 cm³/mol. The number of pyridine rings is 2. The van der Waals surface area contributed by atoms with E-state index in [2.05, 4.69) is 15.3 Å². The Balaban J connectivity index is 1.86. The molecule has 2 N–H and O–H groups in total. The smallest absolute Gasteiger partial charge is 0.147 e. The van der Waals surface area contributed by atoms with E-state index in [9.17, 15) is 5.11 Å². The normalized spacial score (nSPS) is 11.9. The van der Waals surface area contributed by atoms with Crippen LogP contribution in [0.2, 0.25) is 0 Å². The van der Waals surface area contributed by atoms with Crippen molar-refractivity contribution in [1.82, 2.24) is 9.97 Å². The van der Waals surface area contributed by atoms with Crippen molar-refractivity contribution in [2.24, 2.45) is 0 Å². The highest BCUT2D eigenvalue weighted by atomic mass is 16.5. The minimum atomic E-state index is -0.323. The highest BCUT2D eigenvalue weighted by Gasteiger charge is 2.21. The predicted octanol–water partition coefficient (Wildman–Crippen LogP) is 4.85. The molecule has 0 aliphatic carbocycles. The molecule has 0 saturated heterocycles. The maximum atomic E-state index is 11.0. The van der Waals surface area contributed by atoms with Gasteiger partial charge in [-0.15, -0.1) is 0 Å². The van der Waals surface area contributed by atoms with Gasteiger partial charge in [0.25, 0.3) is 0 Å². The quantitative estimate of drug-likeness (QED) is 0.525. The van der Waals surface area contributed by atoms with Crippen LogP contribution in [-0.2, 0) is 0 Å². The van der Waals surface area contributed by atoms with Gasteiger partial charge in [0, 0.05) is 22.8 Å². The Bertz CT molecular complexity index is 1130. The minimum Gasteiger partial charge on any atom is -0.505 e. The first kappa shape index (κ1) is 17.8. The number of rotatable bonds is 5. The molecule has 4 aromatic rings. The Kier molecular flexibility index (Phi) is 4.81. The van der Waals surface area contributed by atoms with Crippen LogP contribution < -0.4 is 10.1 Å². The standard InChI is InChI=1S/C23H21N3O2/c1-15-6-3-10-20(25-15)26-21(17-7-4-9-18(14-17)28-2)19-12-11-16-8-5-13-24-22(16)23(19)27/h3-14,21,27H,1-2H3,(H,25,26)/t21-/m0/s1. The van der Waals surface area contributed by atoms with Crippen LogP contribution in [0.4, 0.5) is 5.82 Å². The summed E-state index contributed by atoms with van der Waals surface area (Å²) in [5.74, 6) is 1.64. The van der Waals surface area contributed by atoms with Gasteiger partial charge in [-0.05, 0) is 42.8 Å². The van der Waals surface area contributed by atoms with Gasteiger partial charge in [-0.2, -0.15) is 0 Å². The van der Waals surface area contributed by atoms with Crippen molar-refractivity contribution in [2.45, 2.75) is 13.0 Å². The maximum Gasteiger partial charge on any atom is 0.147 e. The summed E-state index contributed by atoms with van der Waals surface area (Å²) in [5.41, 5.74) is 3.17. The second kappa shape index (κ2) is 7.56. The molecule has 2 aromatic heterocycles. The second-order valence-electron chi connectivity index (χ2n) is 6.60. The van der Waals surface area contributed by atoms with E-state index in [1.54, 1.807) is 13.3 Å². The number of phenolic OH excluding ortho intramolecular Hbond substituents is 1. The number of hydrogen-bond acceptors (Lipinski definition) is 5. The fourth-order valence-electron chi connectivity index (χ4n) is 3.31. The average molecular weight is 371 g/mol. The van der Waals surface area contributed by atoms with E-state index >= 15 is 0 Å². The molecule has 0 aliphatic heterocycles. The molecule has 0 spiro atoms. The van der Waals surface area contributed by atoms with Gasteiger partial charge >= 0.3 is 0 Å². The first-order chi connectivity index (χ1) is 13.7. The number of nitrogens with zero attached hydrogens (tertiary/aromatic N) is 2. The first-order valence-electron chi connectivity index (χ1n) is 9.06. The van der Waals surface area contributed by atoms with E-state index < -0.39 is 0 Å². The lowest BCUT2D eigenvalue weighted by atomic mass is 9.96. The van der Waals surface area contributed by atoms with E-state index in [0.717, 1.165) is 33.8 Å². The Morgan fingerprint density at radius 1 is 1.00 bits per heavy atom. The van der Waals surface area contributed by atoms with Crippen LogP contribution in [0.25, 0.3) is 10.9 Å². The van der Waals surface area contributed by atoms with Gasteiger partial charge in [-0.1, -0.05) is 36.4 Å². The van der Waals surface area contributed by atoms with Crippen LogP contribution in [0, 0.1) is 6.92 Å². The SMILES string of the molecule is COc1cccc([C@H](Nc2cccc(C)n2)c2ccc3cccnc3c2O)c1. The Hall–Kier alpha value is -3.60. The molecule has 5 heteroatoms. The molecular formula is C23H21N3O2. The number of aromatic hydroxyl groups is 1. The molecule has 0 fully saturated rings. The Labute approximate surface area is 163 Å². The molecular weight excluding hydrogens is 350 g/mol. The lowest BCUT2D eigenvalue weighted by Crippen LogP contribution is -2.14. The highest BCUT2D eigenvalue weighted by molar-refractivity contribution is 5.86. The summed E-state index contributed by atoms with van der Waals surface area (Å²) in [6.07, 6.45) is 1.68. The van der Waals surface area contributed by atoms with Crippen molar-refractivity contribution in [3.63, 3.8) is 0 Å². The number of aryl methyl sites for hydroxylation is 1. The minimum absolute atomic E-state index is 0.158. The first-order valence-corrected chi connectivity index (χ1v) is 9.06. The van der Waals surface area contributed by atoms with Gasteiger partial charge in [0.2, 0.25) is 0 Å². The van der Waals surface area contributed by atoms with E-state index in [-0.39, 0.29) is 11.8 Å². The van der Waals surface area contributed by atoms with Crippen LogP contribution >= 0.6 is 0 Å². The molecule has 2 aromatic carbocycles. The van der Waals surface area contributed by atoms with Crippen molar-refractivity contribution in [3.05, 3.63) is 89.7 Å². The lowest BCUT2D eigenvalue weighted by molar-refractivity contribution is 0.414. The number of benzene rings is 2. The molecule has 2 heterocycles. The third kappa shape index (κ3) is 3.47. The van der Waals surface area contributed by atoms with Crippen molar-refractivity contribution >= 4 is 16.7 Å². The number of ether oxygens (including phenoxy) is 1. The summed E-state index contributed by atoms with van der Waals surface area (Å²) >= 11 is 0. The van der Waals surface area contributed by atoms with E-state index in [1.807, 2.05) is 73.7 Å². The zero-order chi connectivity index (χ0) is 19.5. The van der Waals surface area contributed by atoms with Gasteiger partial charge < -0.3 is 15.2 Å². The summed E-state index contributed by atoms with van der Waals surface area (Å²) in [6.45, 7) is 1.95. The number of fused-ring (bicyclic) bond motifs is 1. The molecule has 0 unspecified atom stereocenters. The molecule has 0 radical (unpaired) electrons. The summed E-state index contributed by atoms with van der Waals surface area (Å²) in [5, 5.41) is 15.3. The summed E-state index contributed by atoms with van der Waals surface area (Å²) < 4.78 is 5.39. The maximum absolute atomic E-state index is 11.0. The van der Waals surface area contributed by atoms with Crippen molar-refractivity contribution in [3.8, 4) is 11.5 Å². The topological polar surface area (TPSA) is 67.3 Å². The summed E-state index contributed by atoms with van der Waals surface area (Å²) in [6, 6.07) is 21.0. The second-order valence-corrected chi connectivity index (χ2v) is 6.60.